The van der Waals surface area contributed by atoms with E-state index in [-0.39, 0.29) is 12.1 Å². The molecule has 4 rings (SSSR count). The van der Waals surface area contributed by atoms with Gasteiger partial charge in [0.2, 0.25) is 0 Å². The van der Waals surface area contributed by atoms with Crippen molar-refractivity contribution in [3.8, 4) is 0 Å². The zero-order chi connectivity index (χ0) is 16.4. The molecule has 0 spiro atoms. The fourth-order valence-electron chi connectivity index (χ4n) is 3.09. The maximum atomic E-state index is 5.01. The number of aliphatic imine (C=N–C) groups is 1. The van der Waals surface area contributed by atoms with Crippen LogP contribution in [0.4, 0.5) is 0 Å². The van der Waals surface area contributed by atoms with E-state index in [0.717, 1.165) is 15.9 Å². The van der Waals surface area contributed by atoms with Crippen LogP contribution in [-0.2, 0) is 0 Å². The number of halogens is 1. The van der Waals surface area contributed by atoms with Crippen molar-refractivity contribution in [3.05, 3.63) is 106 Å². The van der Waals surface area contributed by atoms with Crippen LogP contribution < -0.4 is 5.32 Å². The number of amidine groups is 1. The molecule has 0 amide bonds. The summed E-state index contributed by atoms with van der Waals surface area (Å²) in [6.07, 6.45) is 0. The number of nitrogens with zero attached hydrogens (tertiary/aromatic N) is 1. The summed E-state index contributed by atoms with van der Waals surface area (Å²) < 4.78 is 1.07. The molecule has 1 aliphatic heterocycles. The van der Waals surface area contributed by atoms with E-state index in [0.29, 0.717) is 0 Å². The second-order valence-electron chi connectivity index (χ2n) is 5.87. The molecule has 0 bridgehead atoms. The van der Waals surface area contributed by atoms with Crippen molar-refractivity contribution < 1.29 is 0 Å². The Kier molecular flexibility index (Phi) is 4.18. The Labute approximate surface area is 150 Å². The summed E-state index contributed by atoms with van der Waals surface area (Å²) in [6.45, 7) is 0. The van der Waals surface area contributed by atoms with Gasteiger partial charge in [0.25, 0.3) is 0 Å². The maximum absolute atomic E-state index is 5.01. The van der Waals surface area contributed by atoms with Crippen LogP contribution in [0.5, 0.6) is 0 Å². The second kappa shape index (κ2) is 6.62. The van der Waals surface area contributed by atoms with Crippen LogP contribution in [0.3, 0.4) is 0 Å². The molecule has 3 aromatic rings. The predicted octanol–water partition coefficient (Wildman–Crippen LogP) is 5.28. The Morgan fingerprint density at radius 1 is 0.708 bits per heavy atom. The summed E-state index contributed by atoms with van der Waals surface area (Å²) >= 11 is 3.49. The smallest absolute Gasteiger partial charge is 0.129 e. The predicted molar refractivity (Wildman–Crippen MR) is 102 cm³/mol. The Morgan fingerprint density at radius 3 is 1.92 bits per heavy atom. The molecule has 2 atom stereocenters. The molecule has 1 heterocycles. The zero-order valence-corrected chi connectivity index (χ0v) is 14.6. The third-order valence-corrected chi connectivity index (χ3v) is 4.82. The molecule has 2 nitrogen and oxygen atoms in total. The average molecular weight is 377 g/mol. The van der Waals surface area contributed by atoms with Crippen LogP contribution >= 0.6 is 15.9 Å². The minimum Gasteiger partial charge on any atom is -0.361 e. The fraction of sp³-hybridized carbons (Fsp3) is 0.0952. The van der Waals surface area contributed by atoms with E-state index < -0.39 is 0 Å². The van der Waals surface area contributed by atoms with Gasteiger partial charge < -0.3 is 5.32 Å². The molecule has 3 aromatic carbocycles. The van der Waals surface area contributed by atoms with Crippen molar-refractivity contribution in [1.29, 1.82) is 0 Å². The summed E-state index contributed by atoms with van der Waals surface area (Å²) in [5.74, 6) is 0.949. The van der Waals surface area contributed by atoms with Gasteiger partial charge in [0.1, 0.15) is 11.9 Å². The summed E-state index contributed by atoms with van der Waals surface area (Å²) in [7, 11) is 0. The normalized spacial score (nSPS) is 19.6. The van der Waals surface area contributed by atoms with Gasteiger partial charge in [0.15, 0.2) is 0 Å². The van der Waals surface area contributed by atoms with E-state index in [9.17, 15) is 0 Å². The SMILES string of the molecule is Brc1ccc(C2=N[C@H](c3ccccc3)[C@@H](c3ccccc3)N2)cc1. The summed E-state index contributed by atoms with van der Waals surface area (Å²) in [5.41, 5.74) is 3.59. The van der Waals surface area contributed by atoms with E-state index in [2.05, 4.69) is 81.9 Å². The molecule has 0 aromatic heterocycles. The number of rotatable bonds is 3. The lowest BCUT2D eigenvalue weighted by Gasteiger charge is -2.19. The molecule has 1 aliphatic rings. The van der Waals surface area contributed by atoms with Gasteiger partial charge in [0, 0.05) is 10.0 Å². The lowest BCUT2D eigenvalue weighted by atomic mass is 9.95. The first kappa shape index (κ1) is 15.2. The molecular weight excluding hydrogens is 360 g/mol. The van der Waals surface area contributed by atoms with Gasteiger partial charge in [-0.3, -0.25) is 4.99 Å². The first-order valence-electron chi connectivity index (χ1n) is 8.01. The maximum Gasteiger partial charge on any atom is 0.129 e. The Bertz CT molecular complexity index is 842. The highest BCUT2D eigenvalue weighted by atomic mass is 79.9. The van der Waals surface area contributed by atoms with Crippen molar-refractivity contribution in [2.45, 2.75) is 12.1 Å². The van der Waals surface area contributed by atoms with Gasteiger partial charge in [-0.25, -0.2) is 0 Å². The Hall–Kier alpha value is -2.39. The monoisotopic (exact) mass is 376 g/mol. The molecule has 0 unspecified atom stereocenters. The lowest BCUT2D eigenvalue weighted by Crippen LogP contribution is -2.25. The molecule has 3 heteroatoms. The lowest BCUT2D eigenvalue weighted by molar-refractivity contribution is 0.572. The van der Waals surface area contributed by atoms with E-state index in [1.54, 1.807) is 0 Å². The third kappa shape index (κ3) is 3.00. The largest absolute Gasteiger partial charge is 0.361 e. The minimum atomic E-state index is 0.0762. The molecule has 1 N–H and O–H groups in total. The van der Waals surface area contributed by atoms with Gasteiger partial charge in [0.05, 0.1) is 6.04 Å². The van der Waals surface area contributed by atoms with Crippen molar-refractivity contribution in [3.63, 3.8) is 0 Å². The molecule has 0 saturated carbocycles. The van der Waals surface area contributed by atoms with Crippen molar-refractivity contribution >= 4 is 21.8 Å². The van der Waals surface area contributed by atoms with Crippen molar-refractivity contribution in [2.75, 3.05) is 0 Å². The van der Waals surface area contributed by atoms with Gasteiger partial charge in [-0.1, -0.05) is 88.7 Å². The van der Waals surface area contributed by atoms with Gasteiger partial charge in [-0.05, 0) is 23.3 Å². The molecular formula is C21H17BrN2. The van der Waals surface area contributed by atoms with Crippen LogP contribution in [0.25, 0.3) is 0 Å². The van der Waals surface area contributed by atoms with Crippen LogP contribution in [0.2, 0.25) is 0 Å². The quantitative estimate of drug-likeness (QED) is 0.660. The highest BCUT2D eigenvalue weighted by molar-refractivity contribution is 9.10. The van der Waals surface area contributed by atoms with Crippen molar-refractivity contribution in [2.24, 2.45) is 4.99 Å². The number of nitrogens with one attached hydrogen (secondary N) is 1. The number of hydrogen-bond acceptors (Lipinski definition) is 2. The first-order chi connectivity index (χ1) is 11.8. The van der Waals surface area contributed by atoms with Crippen LogP contribution in [0, 0.1) is 0 Å². The topological polar surface area (TPSA) is 24.4 Å². The van der Waals surface area contributed by atoms with E-state index in [1.807, 2.05) is 24.3 Å². The minimum absolute atomic E-state index is 0.0762. The van der Waals surface area contributed by atoms with Crippen LogP contribution in [-0.4, -0.2) is 5.84 Å². The Morgan fingerprint density at radius 2 is 1.29 bits per heavy atom. The number of hydrogen-bond donors (Lipinski definition) is 1. The van der Waals surface area contributed by atoms with Gasteiger partial charge in [-0.2, -0.15) is 0 Å². The number of benzene rings is 3. The molecule has 0 fully saturated rings. The molecule has 0 saturated heterocycles. The summed E-state index contributed by atoms with van der Waals surface area (Å²) in [6, 6.07) is 29.5. The highest BCUT2D eigenvalue weighted by Crippen LogP contribution is 2.36. The highest BCUT2D eigenvalue weighted by Gasteiger charge is 2.31. The zero-order valence-electron chi connectivity index (χ0n) is 13.1. The average Bonchev–Trinajstić information content (AvgIpc) is 3.09. The van der Waals surface area contributed by atoms with Gasteiger partial charge in [-0.15, -0.1) is 0 Å². The standard InChI is InChI=1S/C21H17BrN2/c22-18-13-11-17(12-14-18)21-23-19(15-7-3-1-4-8-15)20(24-21)16-9-5-2-6-10-16/h1-14,19-20H,(H,23,24)/t19-,20-/m1/s1. The molecule has 0 aliphatic carbocycles. The van der Waals surface area contributed by atoms with Crippen molar-refractivity contribution in [1.82, 2.24) is 5.32 Å². The van der Waals surface area contributed by atoms with E-state index in [1.165, 1.54) is 11.1 Å². The molecule has 118 valence electrons. The van der Waals surface area contributed by atoms with E-state index in [4.69, 9.17) is 4.99 Å². The molecule has 24 heavy (non-hydrogen) atoms. The second-order valence-corrected chi connectivity index (χ2v) is 6.79. The third-order valence-electron chi connectivity index (χ3n) is 4.29. The first-order valence-corrected chi connectivity index (χ1v) is 8.81. The van der Waals surface area contributed by atoms with Crippen LogP contribution in [0.15, 0.2) is 94.4 Å². The Balaban J connectivity index is 1.74. The van der Waals surface area contributed by atoms with Crippen LogP contribution in [0.1, 0.15) is 28.8 Å². The summed E-state index contributed by atoms with van der Waals surface area (Å²) in [4.78, 5) is 5.01. The summed E-state index contributed by atoms with van der Waals surface area (Å²) in [5, 5.41) is 3.63. The van der Waals surface area contributed by atoms with E-state index >= 15 is 0 Å². The molecule has 0 radical (unpaired) electrons. The van der Waals surface area contributed by atoms with Gasteiger partial charge >= 0.3 is 0 Å². The fourth-order valence-corrected chi connectivity index (χ4v) is 3.35.